The van der Waals surface area contributed by atoms with Crippen LogP contribution in [0.4, 0.5) is 0 Å². The van der Waals surface area contributed by atoms with Gasteiger partial charge < -0.3 is 14.6 Å². The summed E-state index contributed by atoms with van der Waals surface area (Å²) in [5.74, 6) is 0. The molecule has 1 N–H and O–H groups in total. The molecule has 0 spiro atoms. The molecule has 0 aromatic carbocycles. The molecule has 1 aliphatic rings. The minimum atomic E-state index is -0.455. The van der Waals surface area contributed by atoms with Gasteiger partial charge in [-0.05, 0) is 19.3 Å². The van der Waals surface area contributed by atoms with E-state index < -0.39 is 6.10 Å². The smallest absolute Gasteiger partial charge is 0.157 e. The summed E-state index contributed by atoms with van der Waals surface area (Å²) in [6.45, 7) is 4.83. The Morgan fingerprint density at radius 3 is 3.08 bits per heavy atom. The molecule has 0 radical (unpaired) electrons. The molecule has 0 aliphatic carbocycles. The highest BCUT2D eigenvalue weighted by molar-refractivity contribution is 4.77. The molecular formula is C10H18O3. The Hall–Kier alpha value is -0.380. The second-order valence-electron chi connectivity index (χ2n) is 3.26. The van der Waals surface area contributed by atoms with E-state index in [9.17, 15) is 0 Å². The molecule has 3 nitrogen and oxygen atoms in total. The number of hydrogen-bond acceptors (Lipinski definition) is 3. The van der Waals surface area contributed by atoms with E-state index in [0.29, 0.717) is 13.0 Å². The normalized spacial score (nSPS) is 25.5. The highest BCUT2D eigenvalue weighted by atomic mass is 16.7. The van der Waals surface area contributed by atoms with Crippen LogP contribution in [0.1, 0.15) is 25.7 Å². The van der Waals surface area contributed by atoms with Crippen LogP contribution in [0, 0.1) is 0 Å². The first kappa shape index (κ1) is 10.7. The number of aliphatic hydroxyl groups excluding tert-OH is 1. The van der Waals surface area contributed by atoms with E-state index in [0.717, 1.165) is 19.4 Å². The first-order chi connectivity index (χ1) is 6.33. The zero-order valence-corrected chi connectivity index (χ0v) is 7.95. The Kier molecular flexibility index (Phi) is 5.05. The zero-order valence-electron chi connectivity index (χ0n) is 7.95. The van der Waals surface area contributed by atoms with Gasteiger partial charge in [-0.2, -0.15) is 0 Å². The molecule has 0 amide bonds. The standard InChI is InChI=1S/C10H18O3/c1-2-9(11)6-8-13-10-5-3-4-7-12-10/h2,9-11H,1,3-8H2. The molecule has 0 saturated carbocycles. The lowest BCUT2D eigenvalue weighted by molar-refractivity contribution is -0.164. The topological polar surface area (TPSA) is 38.7 Å². The van der Waals surface area contributed by atoms with E-state index in [-0.39, 0.29) is 6.29 Å². The maximum Gasteiger partial charge on any atom is 0.157 e. The zero-order chi connectivity index (χ0) is 9.52. The van der Waals surface area contributed by atoms with Gasteiger partial charge in [-0.1, -0.05) is 6.08 Å². The molecule has 1 fully saturated rings. The van der Waals surface area contributed by atoms with Crippen molar-refractivity contribution in [2.45, 2.75) is 38.1 Å². The Bertz CT molecular complexity index is 141. The molecule has 0 bridgehead atoms. The predicted octanol–water partition coefficient (Wildman–Crippen LogP) is 1.47. The van der Waals surface area contributed by atoms with Crippen molar-refractivity contribution in [2.75, 3.05) is 13.2 Å². The number of hydrogen-bond donors (Lipinski definition) is 1. The number of rotatable bonds is 5. The third-order valence-electron chi connectivity index (χ3n) is 2.13. The van der Waals surface area contributed by atoms with Gasteiger partial charge >= 0.3 is 0 Å². The third-order valence-corrected chi connectivity index (χ3v) is 2.13. The van der Waals surface area contributed by atoms with Crippen LogP contribution >= 0.6 is 0 Å². The molecule has 1 rings (SSSR count). The molecule has 76 valence electrons. The van der Waals surface area contributed by atoms with E-state index >= 15 is 0 Å². The average Bonchev–Trinajstić information content (AvgIpc) is 2.19. The summed E-state index contributed by atoms with van der Waals surface area (Å²) in [7, 11) is 0. The molecule has 13 heavy (non-hydrogen) atoms. The Morgan fingerprint density at radius 2 is 2.46 bits per heavy atom. The van der Waals surface area contributed by atoms with Crippen LogP contribution in [-0.4, -0.2) is 30.7 Å². The lowest BCUT2D eigenvalue weighted by Gasteiger charge is -2.22. The fourth-order valence-corrected chi connectivity index (χ4v) is 1.28. The van der Waals surface area contributed by atoms with Gasteiger partial charge in [0.15, 0.2) is 6.29 Å². The lowest BCUT2D eigenvalue weighted by atomic mass is 10.2. The first-order valence-corrected chi connectivity index (χ1v) is 4.87. The Balaban J connectivity index is 2.01. The Morgan fingerprint density at radius 1 is 1.62 bits per heavy atom. The average molecular weight is 186 g/mol. The maximum absolute atomic E-state index is 9.15. The van der Waals surface area contributed by atoms with Crippen LogP contribution in [0.5, 0.6) is 0 Å². The van der Waals surface area contributed by atoms with Gasteiger partial charge in [-0.15, -0.1) is 6.58 Å². The summed E-state index contributed by atoms with van der Waals surface area (Å²) in [5.41, 5.74) is 0. The van der Waals surface area contributed by atoms with Gasteiger partial charge in [0.2, 0.25) is 0 Å². The van der Waals surface area contributed by atoms with Crippen molar-refractivity contribution in [2.24, 2.45) is 0 Å². The monoisotopic (exact) mass is 186 g/mol. The molecular weight excluding hydrogens is 168 g/mol. The molecule has 3 heteroatoms. The van der Waals surface area contributed by atoms with Crippen LogP contribution in [0.25, 0.3) is 0 Å². The number of aliphatic hydroxyl groups is 1. The predicted molar refractivity (Wildman–Crippen MR) is 50.4 cm³/mol. The van der Waals surface area contributed by atoms with Crippen molar-refractivity contribution in [3.63, 3.8) is 0 Å². The summed E-state index contributed by atoms with van der Waals surface area (Å²) >= 11 is 0. The van der Waals surface area contributed by atoms with Crippen molar-refractivity contribution in [3.05, 3.63) is 12.7 Å². The Labute approximate surface area is 79.3 Å². The molecule has 1 aliphatic heterocycles. The van der Waals surface area contributed by atoms with Crippen LogP contribution < -0.4 is 0 Å². The fourth-order valence-electron chi connectivity index (χ4n) is 1.28. The second-order valence-corrected chi connectivity index (χ2v) is 3.26. The second kappa shape index (κ2) is 6.13. The highest BCUT2D eigenvalue weighted by Gasteiger charge is 2.13. The lowest BCUT2D eigenvalue weighted by Crippen LogP contribution is -2.23. The SMILES string of the molecule is C=CC(O)CCOC1CCCCO1. The molecule has 1 saturated heterocycles. The van der Waals surface area contributed by atoms with Gasteiger partial charge in [0.25, 0.3) is 0 Å². The molecule has 0 aromatic rings. The number of ether oxygens (including phenoxy) is 2. The van der Waals surface area contributed by atoms with Gasteiger partial charge in [0.05, 0.1) is 12.7 Å². The van der Waals surface area contributed by atoms with Gasteiger partial charge in [-0.3, -0.25) is 0 Å². The summed E-state index contributed by atoms with van der Waals surface area (Å²) in [6, 6.07) is 0. The van der Waals surface area contributed by atoms with Crippen molar-refractivity contribution < 1.29 is 14.6 Å². The molecule has 1 heterocycles. The molecule has 2 unspecified atom stereocenters. The van der Waals surface area contributed by atoms with E-state index in [1.807, 2.05) is 0 Å². The molecule has 0 aromatic heterocycles. The van der Waals surface area contributed by atoms with Crippen molar-refractivity contribution >= 4 is 0 Å². The summed E-state index contributed by atoms with van der Waals surface area (Å²) in [5, 5.41) is 9.15. The van der Waals surface area contributed by atoms with Gasteiger partial charge in [0.1, 0.15) is 0 Å². The van der Waals surface area contributed by atoms with Gasteiger partial charge in [-0.25, -0.2) is 0 Å². The summed E-state index contributed by atoms with van der Waals surface area (Å²) < 4.78 is 10.8. The summed E-state index contributed by atoms with van der Waals surface area (Å²) in [6.07, 6.45) is 4.90. The van der Waals surface area contributed by atoms with Crippen molar-refractivity contribution in [1.82, 2.24) is 0 Å². The summed E-state index contributed by atoms with van der Waals surface area (Å²) in [4.78, 5) is 0. The first-order valence-electron chi connectivity index (χ1n) is 4.87. The van der Waals surface area contributed by atoms with Gasteiger partial charge in [0, 0.05) is 13.0 Å². The van der Waals surface area contributed by atoms with E-state index in [4.69, 9.17) is 14.6 Å². The van der Waals surface area contributed by atoms with Crippen LogP contribution in [0.2, 0.25) is 0 Å². The quantitative estimate of drug-likeness (QED) is 0.661. The minimum Gasteiger partial charge on any atom is -0.389 e. The van der Waals surface area contributed by atoms with Crippen LogP contribution in [-0.2, 0) is 9.47 Å². The van der Waals surface area contributed by atoms with E-state index in [2.05, 4.69) is 6.58 Å². The van der Waals surface area contributed by atoms with Crippen molar-refractivity contribution in [3.8, 4) is 0 Å². The highest BCUT2D eigenvalue weighted by Crippen LogP contribution is 2.13. The van der Waals surface area contributed by atoms with E-state index in [1.165, 1.54) is 12.5 Å². The third kappa shape index (κ3) is 4.41. The largest absolute Gasteiger partial charge is 0.389 e. The minimum absolute atomic E-state index is 0.0502. The van der Waals surface area contributed by atoms with Crippen LogP contribution in [0.15, 0.2) is 12.7 Å². The van der Waals surface area contributed by atoms with E-state index in [1.54, 1.807) is 0 Å². The fraction of sp³-hybridized carbons (Fsp3) is 0.800. The van der Waals surface area contributed by atoms with Crippen molar-refractivity contribution in [1.29, 1.82) is 0 Å². The maximum atomic E-state index is 9.15. The van der Waals surface area contributed by atoms with Crippen LogP contribution in [0.3, 0.4) is 0 Å². The molecule has 2 atom stereocenters.